The van der Waals surface area contributed by atoms with E-state index in [1.165, 1.54) is 11.9 Å². The van der Waals surface area contributed by atoms with E-state index in [4.69, 9.17) is 0 Å². The van der Waals surface area contributed by atoms with Crippen molar-refractivity contribution in [1.29, 1.82) is 0 Å². The monoisotopic (exact) mass is 361 g/mol. The molecule has 0 aliphatic rings. The van der Waals surface area contributed by atoms with Crippen molar-refractivity contribution in [1.82, 2.24) is 20.3 Å². The maximum Gasteiger partial charge on any atom is 0.270 e. The van der Waals surface area contributed by atoms with Gasteiger partial charge in [0.25, 0.3) is 5.91 Å². The van der Waals surface area contributed by atoms with Gasteiger partial charge in [-0.3, -0.25) is 9.78 Å². The third kappa shape index (κ3) is 5.10. The van der Waals surface area contributed by atoms with Crippen molar-refractivity contribution in [3.8, 4) is 0 Å². The number of nitrogens with one attached hydrogen (secondary N) is 1. The van der Waals surface area contributed by atoms with Gasteiger partial charge < -0.3 is 10.2 Å². The summed E-state index contributed by atoms with van der Waals surface area (Å²) in [5.41, 5.74) is 2.62. The number of nitrogens with zero attached hydrogens (tertiary/aromatic N) is 4. The standard InChI is InChI=1S/C21H23N5O/c1-16(18-6-4-3-5-7-18)25-21(27)19-14-20(24-15-23-19)26(2)13-10-17-8-11-22-12-9-17/h3-9,11-12,14-16H,10,13H2,1-2H3,(H,25,27). The van der Waals surface area contributed by atoms with Crippen molar-refractivity contribution in [3.05, 3.63) is 84.1 Å². The van der Waals surface area contributed by atoms with Gasteiger partial charge in [-0.25, -0.2) is 9.97 Å². The van der Waals surface area contributed by atoms with E-state index in [-0.39, 0.29) is 11.9 Å². The van der Waals surface area contributed by atoms with E-state index in [1.54, 1.807) is 18.5 Å². The first-order valence-corrected chi connectivity index (χ1v) is 8.91. The molecule has 0 aliphatic heterocycles. The molecule has 2 heterocycles. The van der Waals surface area contributed by atoms with Crippen molar-refractivity contribution in [2.45, 2.75) is 19.4 Å². The number of aromatic nitrogens is 3. The van der Waals surface area contributed by atoms with E-state index in [1.807, 2.05) is 61.3 Å². The topological polar surface area (TPSA) is 71.0 Å². The number of amides is 1. The Morgan fingerprint density at radius 1 is 1.11 bits per heavy atom. The average Bonchev–Trinajstić information content (AvgIpc) is 2.73. The summed E-state index contributed by atoms with van der Waals surface area (Å²) in [5, 5.41) is 2.98. The van der Waals surface area contributed by atoms with Crippen LogP contribution in [0.25, 0.3) is 0 Å². The molecule has 0 saturated carbocycles. The Morgan fingerprint density at radius 3 is 2.59 bits per heavy atom. The minimum atomic E-state index is -0.211. The third-order valence-electron chi connectivity index (χ3n) is 4.41. The van der Waals surface area contributed by atoms with Crippen LogP contribution in [-0.4, -0.2) is 34.5 Å². The van der Waals surface area contributed by atoms with E-state index in [0.717, 1.165) is 24.3 Å². The van der Waals surface area contributed by atoms with Crippen LogP contribution in [0.2, 0.25) is 0 Å². The van der Waals surface area contributed by atoms with Crippen LogP contribution in [0.3, 0.4) is 0 Å². The first-order valence-electron chi connectivity index (χ1n) is 8.91. The van der Waals surface area contributed by atoms with Crippen LogP contribution >= 0.6 is 0 Å². The second-order valence-electron chi connectivity index (χ2n) is 6.39. The zero-order chi connectivity index (χ0) is 19.1. The predicted octanol–water partition coefficient (Wildman–Crippen LogP) is 3.04. The van der Waals surface area contributed by atoms with Crippen LogP contribution < -0.4 is 10.2 Å². The SMILES string of the molecule is CC(NC(=O)c1cc(N(C)CCc2ccncc2)ncn1)c1ccccc1. The lowest BCUT2D eigenvalue weighted by atomic mass is 10.1. The van der Waals surface area contributed by atoms with Gasteiger partial charge in [-0.2, -0.15) is 0 Å². The molecule has 0 saturated heterocycles. The summed E-state index contributed by atoms with van der Waals surface area (Å²) < 4.78 is 0. The molecule has 0 spiro atoms. The molecule has 1 N–H and O–H groups in total. The smallest absolute Gasteiger partial charge is 0.270 e. The normalized spacial score (nSPS) is 11.6. The Hall–Kier alpha value is -3.28. The highest BCUT2D eigenvalue weighted by Gasteiger charge is 2.14. The van der Waals surface area contributed by atoms with Crippen LogP contribution in [0.15, 0.2) is 67.3 Å². The molecule has 0 radical (unpaired) electrons. The van der Waals surface area contributed by atoms with E-state index in [0.29, 0.717) is 5.69 Å². The summed E-state index contributed by atoms with van der Waals surface area (Å²) in [5.74, 6) is 0.508. The van der Waals surface area contributed by atoms with Crippen LogP contribution in [-0.2, 0) is 6.42 Å². The molecule has 27 heavy (non-hydrogen) atoms. The zero-order valence-electron chi connectivity index (χ0n) is 15.5. The van der Waals surface area contributed by atoms with Crippen molar-refractivity contribution >= 4 is 11.7 Å². The maximum absolute atomic E-state index is 12.6. The fraction of sp³-hybridized carbons (Fsp3) is 0.238. The molecule has 1 amide bonds. The number of hydrogen-bond donors (Lipinski definition) is 1. The van der Waals surface area contributed by atoms with Gasteiger partial charge >= 0.3 is 0 Å². The highest BCUT2D eigenvalue weighted by atomic mass is 16.1. The highest BCUT2D eigenvalue weighted by Crippen LogP contribution is 2.14. The number of benzene rings is 1. The van der Waals surface area contributed by atoms with Crippen molar-refractivity contribution in [2.24, 2.45) is 0 Å². The summed E-state index contributed by atoms with van der Waals surface area (Å²) in [6.45, 7) is 2.73. The Labute approximate surface area is 159 Å². The third-order valence-corrected chi connectivity index (χ3v) is 4.41. The summed E-state index contributed by atoms with van der Waals surface area (Å²) >= 11 is 0. The predicted molar refractivity (Wildman–Crippen MR) is 106 cm³/mol. The van der Waals surface area contributed by atoms with Gasteiger partial charge in [-0.15, -0.1) is 0 Å². The molecule has 0 aliphatic carbocycles. The number of likely N-dealkylation sites (N-methyl/N-ethyl adjacent to an activating group) is 1. The van der Waals surface area contributed by atoms with Crippen LogP contribution in [0.5, 0.6) is 0 Å². The molecule has 6 nitrogen and oxygen atoms in total. The minimum absolute atomic E-state index is 0.0958. The van der Waals surface area contributed by atoms with Gasteiger partial charge in [-0.1, -0.05) is 30.3 Å². The van der Waals surface area contributed by atoms with Crippen LogP contribution in [0, 0.1) is 0 Å². The summed E-state index contributed by atoms with van der Waals surface area (Å²) in [6, 6.07) is 15.5. The molecule has 138 valence electrons. The molecular formula is C21H23N5O. The number of hydrogen-bond acceptors (Lipinski definition) is 5. The summed E-state index contributed by atoms with van der Waals surface area (Å²) in [4.78, 5) is 27.0. The van der Waals surface area contributed by atoms with Gasteiger partial charge in [0.1, 0.15) is 17.8 Å². The molecular weight excluding hydrogens is 338 g/mol. The zero-order valence-corrected chi connectivity index (χ0v) is 15.5. The van der Waals surface area contributed by atoms with E-state index >= 15 is 0 Å². The lowest BCUT2D eigenvalue weighted by Crippen LogP contribution is -2.28. The van der Waals surface area contributed by atoms with Gasteiger partial charge in [0.2, 0.25) is 0 Å². The molecule has 1 unspecified atom stereocenters. The molecule has 1 aromatic carbocycles. The van der Waals surface area contributed by atoms with Gasteiger partial charge in [0.15, 0.2) is 0 Å². The molecule has 0 bridgehead atoms. The Morgan fingerprint density at radius 2 is 1.85 bits per heavy atom. The van der Waals surface area contributed by atoms with Gasteiger partial charge in [0, 0.05) is 32.1 Å². The second kappa shape index (κ2) is 8.89. The number of carbonyl (C=O) groups excluding carboxylic acids is 1. The maximum atomic E-state index is 12.6. The second-order valence-corrected chi connectivity index (χ2v) is 6.39. The first kappa shape index (κ1) is 18.5. The largest absolute Gasteiger partial charge is 0.359 e. The fourth-order valence-electron chi connectivity index (χ4n) is 2.74. The van der Waals surface area contributed by atoms with E-state index in [9.17, 15) is 4.79 Å². The molecule has 1 atom stereocenters. The molecule has 0 fully saturated rings. The number of anilines is 1. The van der Waals surface area contributed by atoms with Crippen molar-refractivity contribution in [3.63, 3.8) is 0 Å². The van der Waals surface area contributed by atoms with Gasteiger partial charge in [0.05, 0.1) is 6.04 Å². The molecule has 3 rings (SSSR count). The van der Waals surface area contributed by atoms with Crippen molar-refractivity contribution < 1.29 is 4.79 Å². The lowest BCUT2D eigenvalue weighted by Gasteiger charge is -2.19. The highest BCUT2D eigenvalue weighted by molar-refractivity contribution is 5.93. The lowest BCUT2D eigenvalue weighted by molar-refractivity contribution is 0.0934. The van der Waals surface area contributed by atoms with Crippen LogP contribution in [0.1, 0.15) is 34.6 Å². The number of pyridine rings is 1. The minimum Gasteiger partial charge on any atom is -0.359 e. The number of rotatable bonds is 7. The Kier molecular flexibility index (Phi) is 6.10. The summed E-state index contributed by atoms with van der Waals surface area (Å²) in [6.07, 6.45) is 5.88. The molecule has 2 aromatic heterocycles. The molecule has 3 aromatic rings. The van der Waals surface area contributed by atoms with Crippen LogP contribution in [0.4, 0.5) is 5.82 Å². The molecule has 6 heteroatoms. The first-order chi connectivity index (χ1) is 13.1. The van der Waals surface area contributed by atoms with Gasteiger partial charge in [-0.05, 0) is 36.6 Å². The Bertz CT molecular complexity index is 870. The summed E-state index contributed by atoms with van der Waals surface area (Å²) in [7, 11) is 1.96. The number of carbonyl (C=O) groups is 1. The average molecular weight is 361 g/mol. The quantitative estimate of drug-likeness (QED) is 0.700. The fourth-order valence-corrected chi connectivity index (χ4v) is 2.74. The van der Waals surface area contributed by atoms with E-state index in [2.05, 4.69) is 20.3 Å². The van der Waals surface area contributed by atoms with E-state index < -0.39 is 0 Å². The van der Waals surface area contributed by atoms with Crippen molar-refractivity contribution in [2.75, 3.05) is 18.5 Å². The Balaban J connectivity index is 1.63.